The third-order valence-corrected chi connectivity index (χ3v) is 2.72. The van der Waals surface area contributed by atoms with Gasteiger partial charge in [-0.15, -0.1) is 0 Å². The van der Waals surface area contributed by atoms with Crippen molar-refractivity contribution >= 4 is 5.91 Å². The second-order valence-corrected chi connectivity index (χ2v) is 4.33. The summed E-state index contributed by atoms with van der Waals surface area (Å²) in [5.41, 5.74) is 0. The molecule has 0 saturated heterocycles. The van der Waals surface area contributed by atoms with E-state index in [0.717, 1.165) is 12.8 Å². The highest BCUT2D eigenvalue weighted by molar-refractivity contribution is 5.76. The molecule has 0 atom stereocenters. The molecule has 1 amide bonds. The quantitative estimate of drug-likeness (QED) is 0.866. The van der Waals surface area contributed by atoms with Gasteiger partial charge in [0.25, 0.3) is 0 Å². The van der Waals surface area contributed by atoms with Crippen molar-refractivity contribution < 1.29 is 13.7 Å². The molecule has 1 N–H and O–H groups in total. The number of hydrogen-bond acceptors (Lipinski definition) is 5. The highest BCUT2D eigenvalue weighted by atomic mass is 16.5. The summed E-state index contributed by atoms with van der Waals surface area (Å²) < 4.78 is 10.2. The predicted molar refractivity (Wildman–Crippen MR) is 61.5 cm³/mol. The van der Waals surface area contributed by atoms with Crippen molar-refractivity contribution in [3.05, 3.63) is 24.3 Å². The van der Waals surface area contributed by atoms with Gasteiger partial charge in [0.1, 0.15) is 0 Å². The molecule has 1 saturated carbocycles. The van der Waals surface area contributed by atoms with Crippen LogP contribution in [0.15, 0.2) is 27.3 Å². The van der Waals surface area contributed by atoms with Crippen LogP contribution in [0.2, 0.25) is 0 Å². The van der Waals surface area contributed by atoms with Gasteiger partial charge in [0.15, 0.2) is 5.76 Å². The Balaban J connectivity index is 1.55. The van der Waals surface area contributed by atoms with Crippen molar-refractivity contribution in [2.75, 3.05) is 0 Å². The van der Waals surface area contributed by atoms with Gasteiger partial charge in [-0.25, -0.2) is 0 Å². The fraction of sp³-hybridized carbons (Fsp3) is 0.417. The number of aromatic nitrogens is 2. The van der Waals surface area contributed by atoms with Crippen molar-refractivity contribution in [2.24, 2.45) is 0 Å². The third-order valence-electron chi connectivity index (χ3n) is 2.72. The molecule has 0 aliphatic heterocycles. The first-order valence-electron chi connectivity index (χ1n) is 5.97. The molecule has 2 aromatic rings. The first kappa shape index (κ1) is 11.0. The van der Waals surface area contributed by atoms with Crippen molar-refractivity contribution in [1.29, 1.82) is 0 Å². The average molecular weight is 247 g/mol. The Labute approximate surface area is 103 Å². The molecule has 0 spiro atoms. The SMILES string of the molecule is O=C(CCc1nc(-c2ccco2)no1)NC1CC1. The highest BCUT2D eigenvalue weighted by Gasteiger charge is 2.23. The second-order valence-electron chi connectivity index (χ2n) is 4.33. The molecule has 18 heavy (non-hydrogen) atoms. The van der Waals surface area contributed by atoms with Crippen molar-refractivity contribution in [2.45, 2.75) is 31.7 Å². The topological polar surface area (TPSA) is 81.2 Å². The average Bonchev–Trinajstić information content (AvgIpc) is 2.87. The van der Waals surface area contributed by atoms with E-state index in [1.807, 2.05) is 0 Å². The normalized spacial score (nSPS) is 14.7. The Morgan fingerprint density at radius 2 is 2.39 bits per heavy atom. The lowest BCUT2D eigenvalue weighted by Crippen LogP contribution is -2.25. The van der Waals surface area contributed by atoms with Crippen LogP contribution < -0.4 is 5.32 Å². The minimum absolute atomic E-state index is 0.0373. The first-order chi connectivity index (χ1) is 8.81. The van der Waals surface area contributed by atoms with E-state index >= 15 is 0 Å². The van der Waals surface area contributed by atoms with E-state index in [1.54, 1.807) is 18.4 Å². The van der Waals surface area contributed by atoms with E-state index in [4.69, 9.17) is 8.94 Å². The zero-order valence-electron chi connectivity index (χ0n) is 9.76. The molecule has 0 aromatic carbocycles. The summed E-state index contributed by atoms with van der Waals surface area (Å²) in [5.74, 6) is 1.47. The van der Waals surface area contributed by atoms with Gasteiger partial charge in [0.05, 0.1) is 6.26 Å². The standard InChI is InChI=1S/C12H13N3O3/c16-10(13-8-3-4-8)5-6-11-14-12(15-18-11)9-2-1-7-17-9/h1-2,7-8H,3-6H2,(H,13,16). The smallest absolute Gasteiger partial charge is 0.238 e. The van der Waals surface area contributed by atoms with E-state index in [2.05, 4.69) is 15.5 Å². The summed E-state index contributed by atoms with van der Waals surface area (Å²) in [6, 6.07) is 3.90. The lowest BCUT2D eigenvalue weighted by atomic mass is 10.3. The van der Waals surface area contributed by atoms with Gasteiger partial charge in [0, 0.05) is 18.9 Å². The van der Waals surface area contributed by atoms with E-state index in [1.165, 1.54) is 0 Å². The van der Waals surface area contributed by atoms with E-state index in [-0.39, 0.29) is 5.91 Å². The minimum Gasteiger partial charge on any atom is -0.461 e. The van der Waals surface area contributed by atoms with Gasteiger partial charge >= 0.3 is 0 Å². The fourth-order valence-corrected chi connectivity index (χ4v) is 1.61. The molecule has 1 fully saturated rings. The maximum Gasteiger partial charge on any atom is 0.238 e. The number of hydrogen-bond donors (Lipinski definition) is 1. The van der Waals surface area contributed by atoms with Gasteiger partial charge in [-0.05, 0) is 25.0 Å². The lowest BCUT2D eigenvalue weighted by Gasteiger charge is -1.99. The number of aryl methyl sites for hydroxylation is 1. The molecule has 2 heterocycles. The minimum atomic E-state index is 0.0373. The second kappa shape index (κ2) is 4.64. The Morgan fingerprint density at radius 3 is 3.11 bits per heavy atom. The summed E-state index contributed by atoms with van der Waals surface area (Å²) in [7, 11) is 0. The van der Waals surface area contributed by atoms with Crippen molar-refractivity contribution in [1.82, 2.24) is 15.5 Å². The predicted octanol–water partition coefficient (Wildman–Crippen LogP) is 1.54. The maximum atomic E-state index is 11.5. The number of nitrogens with one attached hydrogen (secondary N) is 1. The molecule has 6 nitrogen and oxygen atoms in total. The summed E-state index contributed by atoms with van der Waals surface area (Å²) >= 11 is 0. The Bertz CT molecular complexity index is 529. The molecule has 2 aromatic heterocycles. The van der Waals surface area contributed by atoms with Crippen molar-refractivity contribution in [3.63, 3.8) is 0 Å². The van der Waals surface area contributed by atoms with E-state index in [0.29, 0.717) is 36.4 Å². The Morgan fingerprint density at radius 1 is 1.50 bits per heavy atom. The number of nitrogens with zero attached hydrogens (tertiary/aromatic N) is 2. The number of carbonyl (C=O) groups is 1. The maximum absolute atomic E-state index is 11.5. The zero-order chi connectivity index (χ0) is 12.4. The number of carbonyl (C=O) groups excluding carboxylic acids is 1. The molecular weight excluding hydrogens is 234 g/mol. The highest BCUT2D eigenvalue weighted by Crippen LogP contribution is 2.19. The molecule has 0 radical (unpaired) electrons. The van der Waals surface area contributed by atoms with Crippen LogP contribution in [0.1, 0.15) is 25.2 Å². The molecule has 6 heteroatoms. The molecule has 0 bridgehead atoms. The molecule has 0 unspecified atom stereocenters. The molecular formula is C12H13N3O3. The third kappa shape index (κ3) is 2.58. The van der Waals surface area contributed by atoms with Crippen LogP contribution in [0.4, 0.5) is 0 Å². The zero-order valence-corrected chi connectivity index (χ0v) is 9.76. The number of rotatable bonds is 5. The van der Waals surface area contributed by atoms with Crippen LogP contribution >= 0.6 is 0 Å². The van der Waals surface area contributed by atoms with Crippen LogP contribution in [0.5, 0.6) is 0 Å². The van der Waals surface area contributed by atoms with Gasteiger partial charge in [-0.2, -0.15) is 4.98 Å². The van der Waals surface area contributed by atoms with Crippen LogP contribution in [0, 0.1) is 0 Å². The largest absolute Gasteiger partial charge is 0.461 e. The van der Waals surface area contributed by atoms with Crippen molar-refractivity contribution in [3.8, 4) is 11.6 Å². The van der Waals surface area contributed by atoms with Crippen LogP contribution in [0.25, 0.3) is 11.6 Å². The van der Waals surface area contributed by atoms with Gasteiger partial charge in [-0.3, -0.25) is 4.79 Å². The molecule has 3 rings (SSSR count). The van der Waals surface area contributed by atoms with Gasteiger partial charge < -0.3 is 14.3 Å². The van der Waals surface area contributed by atoms with Gasteiger partial charge in [0.2, 0.25) is 17.6 Å². The van der Waals surface area contributed by atoms with Crippen LogP contribution in [0.3, 0.4) is 0 Å². The Hall–Kier alpha value is -2.11. The Kier molecular flexibility index (Phi) is 2.84. The number of furan rings is 1. The molecule has 1 aliphatic rings. The first-order valence-corrected chi connectivity index (χ1v) is 5.97. The van der Waals surface area contributed by atoms with E-state index < -0.39 is 0 Å². The van der Waals surface area contributed by atoms with Crippen LogP contribution in [-0.4, -0.2) is 22.1 Å². The van der Waals surface area contributed by atoms with E-state index in [9.17, 15) is 4.79 Å². The molecule has 94 valence electrons. The fourth-order valence-electron chi connectivity index (χ4n) is 1.61. The van der Waals surface area contributed by atoms with Crippen LogP contribution in [-0.2, 0) is 11.2 Å². The summed E-state index contributed by atoms with van der Waals surface area (Å²) in [6.45, 7) is 0. The monoisotopic (exact) mass is 247 g/mol. The van der Waals surface area contributed by atoms with Gasteiger partial charge in [-0.1, -0.05) is 5.16 Å². The molecule has 1 aliphatic carbocycles. The summed E-state index contributed by atoms with van der Waals surface area (Å²) in [5, 5.41) is 6.71. The lowest BCUT2D eigenvalue weighted by molar-refractivity contribution is -0.121. The summed E-state index contributed by atoms with van der Waals surface area (Å²) in [4.78, 5) is 15.7. The number of amides is 1. The summed E-state index contributed by atoms with van der Waals surface area (Å²) in [6.07, 6.45) is 4.56.